The van der Waals surface area contributed by atoms with Gasteiger partial charge in [-0.2, -0.15) is 0 Å². The summed E-state index contributed by atoms with van der Waals surface area (Å²) in [6, 6.07) is 11.3. The molecule has 2 aromatic rings. The van der Waals surface area contributed by atoms with E-state index < -0.39 is 0 Å². The van der Waals surface area contributed by atoms with Gasteiger partial charge in [0.2, 0.25) is 5.91 Å². The molecule has 0 unspecified atom stereocenters. The zero-order valence-corrected chi connectivity index (χ0v) is 17.2. The number of benzene rings is 1. The van der Waals surface area contributed by atoms with Crippen LogP contribution in [0.2, 0.25) is 0 Å². The van der Waals surface area contributed by atoms with Gasteiger partial charge in [-0.15, -0.1) is 0 Å². The highest BCUT2D eigenvalue weighted by Crippen LogP contribution is 2.20. The molecular weight excluding hydrogens is 364 g/mol. The summed E-state index contributed by atoms with van der Waals surface area (Å²) in [7, 11) is 1.65. The molecule has 1 atom stereocenters. The molecule has 1 aliphatic heterocycles. The minimum Gasteiger partial charge on any atom is -0.497 e. The Bertz CT molecular complexity index is 730. The van der Waals surface area contributed by atoms with E-state index in [0.29, 0.717) is 6.54 Å². The highest BCUT2D eigenvalue weighted by atomic mass is 16.5. The normalized spacial score (nSPS) is 15.6. The van der Waals surface area contributed by atoms with Gasteiger partial charge >= 0.3 is 0 Å². The minimum absolute atomic E-state index is 0.00883. The maximum Gasteiger partial charge on any atom is 0.241 e. The minimum atomic E-state index is -0.361. The lowest BCUT2D eigenvalue weighted by atomic mass is 9.94. The zero-order valence-electron chi connectivity index (χ0n) is 17.2. The Balaban J connectivity index is 1.56. The molecule has 156 valence electrons. The molecule has 1 amide bonds. The molecule has 3 rings (SSSR count). The first-order chi connectivity index (χ1) is 14.3. The lowest BCUT2D eigenvalue weighted by molar-refractivity contribution is -0.123. The molecule has 1 aromatic heterocycles. The van der Waals surface area contributed by atoms with E-state index in [1.54, 1.807) is 19.5 Å². The van der Waals surface area contributed by atoms with Crippen molar-refractivity contribution in [1.29, 1.82) is 0 Å². The first-order valence-electron chi connectivity index (χ1n) is 10.5. The van der Waals surface area contributed by atoms with Gasteiger partial charge in [0.05, 0.1) is 7.11 Å². The Labute approximate surface area is 173 Å². The first-order valence-corrected chi connectivity index (χ1v) is 10.5. The van der Waals surface area contributed by atoms with Crippen molar-refractivity contribution in [2.24, 2.45) is 5.92 Å². The van der Waals surface area contributed by atoms with Crippen molar-refractivity contribution in [1.82, 2.24) is 20.9 Å². The molecule has 0 saturated carbocycles. The third-order valence-corrected chi connectivity index (χ3v) is 5.53. The van der Waals surface area contributed by atoms with Crippen molar-refractivity contribution in [3.8, 4) is 5.75 Å². The standard InChI is InChI=1S/C23H32N4O2/c1-29-21-4-2-20(3-5-21)22(26-16-10-18-6-12-24-13-7-18)23(28)27-17-11-19-8-14-25-15-9-19/h2-5,8-9,14-15,18,22,24,26H,6-7,10-13,16-17H2,1H3,(H,27,28)/t22-/m0/s1. The molecule has 0 radical (unpaired) electrons. The first kappa shape index (κ1) is 21.3. The lowest BCUT2D eigenvalue weighted by Crippen LogP contribution is -2.39. The topological polar surface area (TPSA) is 75.3 Å². The number of piperidine rings is 1. The smallest absolute Gasteiger partial charge is 0.241 e. The summed E-state index contributed by atoms with van der Waals surface area (Å²) in [6.07, 6.45) is 7.87. The quantitative estimate of drug-likeness (QED) is 0.575. The van der Waals surface area contributed by atoms with E-state index in [-0.39, 0.29) is 11.9 Å². The van der Waals surface area contributed by atoms with Crippen LogP contribution in [0.4, 0.5) is 0 Å². The molecule has 2 heterocycles. The Morgan fingerprint density at radius 1 is 1.14 bits per heavy atom. The number of carbonyl (C=O) groups excluding carboxylic acids is 1. The fraction of sp³-hybridized carbons (Fsp3) is 0.478. The molecule has 29 heavy (non-hydrogen) atoms. The number of ether oxygens (including phenoxy) is 1. The molecule has 0 aliphatic carbocycles. The molecule has 1 saturated heterocycles. The molecule has 1 aromatic carbocycles. The predicted octanol–water partition coefficient (Wildman–Crippen LogP) is 2.47. The second-order valence-corrected chi connectivity index (χ2v) is 7.54. The molecule has 1 fully saturated rings. The molecular formula is C23H32N4O2. The van der Waals surface area contributed by atoms with Gasteiger partial charge in [-0.05, 0) is 86.6 Å². The second kappa shape index (κ2) is 11.5. The van der Waals surface area contributed by atoms with E-state index in [1.165, 1.54) is 18.4 Å². The van der Waals surface area contributed by atoms with E-state index in [2.05, 4.69) is 20.9 Å². The number of nitrogens with one attached hydrogen (secondary N) is 3. The molecule has 0 spiro atoms. The summed E-state index contributed by atoms with van der Waals surface area (Å²) in [5.41, 5.74) is 2.12. The third kappa shape index (κ3) is 6.84. The zero-order chi connectivity index (χ0) is 20.3. The summed E-state index contributed by atoms with van der Waals surface area (Å²) in [5, 5.41) is 9.97. The Morgan fingerprint density at radius 2 is 1.86 bits per heavy atom. The number of rotatable bonds is 10. The third-order valence-electron chi connectivity index (χ3n) is 5.53. The van der Waals surface area contributed by atoms with Crippen molar-refractivity contribution >= 4 is 5.91 Å². The summed E-state index contributed by atoms with van der Waals surface area (Å²) < 4.78 is 5.25. The summed E-state index contributed by atoms with van der Waals surface area (Å²) in [4.78, 5) is 17.0. The Morgan fingerprint density at radius 3 is 2.55 bits per heavy atom. The van der Waals surface area contributed by atoms with Gasteiger partial charge in [-0.1, -0.05) is 12.1 Å². The summed E-state index contributed by atoms with van der Waals surface area (Å²) in [6.45, 7) is 3.63. The monoisotopic (exact) mass is 396 g/mol. The fourth-order valence-electron chi connectivity index (χ4n) is 3.74. The van der Waals surface area contributed by atoms with Crippen LogP contribution in [0, 0.1) is 5.92 Å². The summed E-state index contributed by atoms with van der Waals surface area (Å²) >= 11 is 0. The van der Waals surface area contributed by atoms with Crippen LogP contribution in [0.1, 0.15) is 36.4 Å². The van der Waals surface area contributed by atoms with Crippen molar-refractivity contribution in [3.05, 3.63) is 59.9 Å². The predicted molar refractivity (Wildman–Crippen MR) is 115 cm³/mol. The average Bonchev–Trinajstić information content (AvgIpc) is 2.78. The fourth-order valence-corrected chi connectivity index (χ4v) is 3.74. The maximum atomic E-state index is 12.9. The van der Waals surface area contributed by atoms with Gasteiger partial charge in [0.1, 0.15) is 11.8 Å². The van der Waals surface area contributed by atoms with E-state index in [1.807, 2.05) is 36.4 Å². The second-order valence-electron chi connectivity index (χ2n) is 7.54. The van der Waals surface area contributed by atoms with E-state index in [4.69, 9.17) is 4.74 Å². The van der Waals surface area contributed by atoms with E-state index in [9.17, 15) is 4.79 Å². The van der Waals surface area contributed by atoms with E-state index >= 15 is 0 Å². The van der Waals surface area contributed by atoms with Crippen molar-refractivity contribution in [3.63, 3.8) is 0 Å². The molecule has 6 nitrogen and oxygen atoms in total. The highest BCUT2D eigenvalue weighted by Gasteiger charge is 2.21. The Hall–Kier alpha value is -2.44. The van der Waals surface area contributed by atoms with Gasteiger partial charge < -0.3 is 20.7 Å². The van der Waals surface area contributed by atoms with E-state index in [0.717, 1.165) is 49.7 Å². The van der Waals surface area contributed by atoms with Gasteiger partial charge in [0, 0.05) is 18.9 Å². The largest absolute Gasteiger partial charge is 0.497 e. The van der Waals surface area contributed by atoms with Crippen molar-refractivity contribution < 1.29 is 9.53 Å². The number of pyridine rings is 1. The number of aromatic nitrogens is 1. The number of carbonyl (C=O) groups is 1. The average molecular weight is 397 g/mol. The van der Waals surface area contributed by atoms with Crippen LogP contribution in [0.5, 0.6) is 5.75 Å². The van der Waals surface area contributed by atoms with Gasteiger partial charge in [-0.3, -0.25) is 9.78 Å². The maximum absolute atomic E-state index is 12.9. The summed E-state index contributed by atoms with van der Waals surface area (Å²) in [5.74, 6) is 1.53. The van der Waals surface area contributed by atoms with Crippen LogP contribution in [0.25, 0.3) is 0 Å². The molecule has 1 aliphatic rings. The SMILES string of the molecule is COc1ccc([C@H](NCCC2CCNCC2)C(=O)NCCc2ccncc2)cc1. The van der Waals surface area contributed by atoms with Crippen LogP contribution >= 0.6 is 0 Å². The number of amides is 1. The molecule has 0 bridgehead atoms. The van der Waals surface area contributed by atoms with Crippen LogP contribution < -0.4 is 20.7 Å². The number of methoxy groups -OCH3 is 1. The van der Waals surface area contributed by atoms with Crippen LogP contribution in [-0.2, 0) is 11.2 Å². The Kier molecular flexibility index (Phi) is 8.46. The van der Waals surface area contributed by atoms with Gasteiger partial charge in [-0.25, -0.2) is 0 Å². The highest BCUT2D eigenvalue weighted by molar-refractivity contribution is 5.83. The lowest BCUT2D eigenvalue weighted by Gasteiger charge is -2.24. The van der Waals surface area contributed by atoms with Crippen molar-refractivity contribution in [2.75, 3.05) is 33.3 Å². The van der Waals surface area contributed by atoms with Crippen LogP contribution in [0.3, 0.4) is 0 Å². The van der Waals surface area contributed by atoms with Crippen LogP contribution in [-0.4, -0.2) is 44.2 Å². The van der Waals surface area contributed by atoms with Gasteiger partial charge in [0.25, 0.3) is 0 Å². The van der Waals surface area contributed by atoms with Crippen molar-refractivity contribution in [2.45, 2.75) is 31.7 Å². The van der Waals surface area contributed by atoms with Crippen LogP contribution in [0.15, 0.2) is 48.8 Å². The van der Waals surface area contributed by atoms with Gasteiger partial charge in [0.15, 0.2) is 0 Å². The molecule has 3 N–H and O–H groups in total. The number of hydrogen-bond donors (Lipinski definition) is 3. The number of nitrogens with zero attached hydrogens (tertiary/aromatic N) is 1. The number of hydrogen-bond acceptors (Lipinski definition) is 5. The molecule has 6 heteroatoms.